The highest BCUT2D eigenvalue weighted by atomic mass is 16.2. The largest absolute Gasteiger partial charge is 0.329 e. The number of carbonyl (C=O) groups is 1. The summed E-state index contributed by atoms with van der Waals surface area (Å²) in [6, 6.07) is 3.99. The molecule has 1 aliphatic rings. The number of carbonyl (C=O) groups excluding carboxylic acids is 1. The van der Waals surface area contributed by atoms with Gasteiger partial charge in [0.05, 0.1) is 6.04 Å². The summed E-state index contributed by atoms with van der Waals surface area (Å²) in [5, 5.41) is 6.91. The topological polar surface area (TPSA) is 74.8 Å². The molecule has 0 bridgehead atoms. The lowest BCUT2D eigenvalue weighted by molar-refractivity contribution is 0.0723. The summed E-state index contributed by atoms with van der Waals surface area (Å²) in [5.41, 5.74) is 1.07. The van der Waals surface area contributed by atoms with Crippen molar-refractivity contribution < 1.29 is 4.79 Å². The van der Waals surface area contributed by atoms with Crippen LogP contribution in [0.15, 0.2) is 24.5 Å². The van der Waals surface area contributed by atoms with Gasteiger partial charge in [-0.15, -0.1) is 5.10 Å². The van der Waals surface area contributed by atoms with Crippen molar-refractivity contribution >= 4 is 5.91 Å². The quantitative estimate of drug-likeness (QED) is 0.939. The zero-order chi connectivity index (χ0) is 14.8. The Morgan fingerprint density at radius 1 is 1.48 bits per heavy atom. The van der Waals surface area contributed by atoms with Gasteiger partial charge in [-0.1, -0.05) is 19.9 Å². The maximum Gasteiger partial charge on any atom is 0.294 e. The summed E-state index contributed by atoms with van der Waals surface area (Å²) in [6.45, 7) is 4.77. The van der Waals surface area contributed by atoms with Crippen LogP contribution in [0.25, 0.3) is 0 Å². The Hall–Kier alpha value is -2.24. The third-order valence-corrected chi connectivity index (χ3v) is 3.82. The Labute approximate surface area is 123 Å². The van der Waals surface area contributed by atoms with Gasteiger partial charge in [0.25, 0.3) is 5.91 Å². The summed E-state index contributed by atoms with van der Waals surface area (Å²) in [4.78, 5) is 22.9. The number of pyridine rings is 1. The molecule has 0 spiro atoms. The van der Waals surface area contributed by atoms with Gasteiger partial charge in [0.2, 0.25) is 5.82 Å². The fraction of sp³-hybridized carbons (Fsp3) is 0.467. The SMILES string of the molecule is CC(C)c1nc(C(=O)N2CCCC2c2cccnc2)n[nH]1. The molecule has 6 heteroatoms. The lowest BCUT2D eigenvalue weighted by Crippen LogP contribution is -2.31. The van der Waals surface area contributed by atoms with Crippen molar-refractivity contribution in [2.45, 2.75) is 38.6 Å². The molecule has 1 atom stereocenters. The van der Waals surface area contributed by atoms with Crippen molar-refractivity contribution in [2.24, 2.45) is 0 Å². The normalized spacial score (nSPS) is 18.4. The molecule has 2 aromatic heterocycles. The van der Waals surface area contributed by atoms with Crippen LogP contribution in [0.5, 0.6) is 0 Å². The first-order valence-corrected chi connectivity index (χ1v) is 7.30. The molecule has 2 aromatic rings. The maximum absolute atomic E-state index is 12.6. The van der Waals surface area contributed by atoms with E-state index in [9.17, 15) is 4.79 Å². The number of aromatic nitrogens is 4. The van der Waals surface area contributed by atoms with Gasteiger partial charge in [-0.25, -0.2) is 4.98 Å². The van der Waals surface area contributed by atoms with Crippen LogP contribution in [-0.4, -0.2) is 37.5 Å². The average molecular weight is 285 g/mol. The van der Waals surface area contributed by atoms with Crippen molar-refractivity contribution in [1.82, 2.24) is 25.1 Å². The third kappa shape index (κ3) is 2.66. The van der Waals surface area contributed by atoms with Crippen molar-refractivity contribution in [3.05, 3.63) is 41.7 Å². The van der Waals surface area contributed by atoms with Gasteiger partial charge < -0.3 is 4.90 Å². The van der Waals surface area contributed by atoms with Gasteiger partial charge in [0.1, 0.15) is 5.82 Å². The summed E-state index contributed by atoms with van der Waals surface area (Å²) in [5.74, 6) is 1.13. The predicted molar refractivity (Wildman–Crippen MR) is 77.7 cm³/mol. The smallest absolute Gasteiger partial charge is 0.294 e. The molecule has 1 unspecified atom stereocenters. The van der Waals surface area contributed by atoms with E-state index in [4.69, 9.17) is 0 Å². The van der Waals surface area contributed by atoms with E-state index in [-0.39, 0.29) is 23.7 Å². The Bertz CT molecular complexity index is 622. The molecule has 1 fully saturated rings. The second-order valence-corrected chi connectivity index (χ2v) is 5.64. The number of likely N-dealkylation sites (tertiary alicyclic amines) is 1. The van der Waals surface area contributed by atoms with Crippen LogP contribution in [0.2, 0.25) is 0 Å². The Morgan fingerprint density at radius 3 is 3.00 bits per heavy atom. The molecule has 110 valence electrons. The fourth-order valence-electron chi connectivity index (χ4n) is 2.69. The monoisotopic (exact) mass is 285 g/mol. The van der Waals surface area contributed by atoms with Crippen LogP contribution >= 0.6 is 0 Å². The van der Waals surface area contributed by atoms with Crippen LogP contribution < -0.4 is 0 Å². The van der Waals surface area contributed by atoms with E-state index in [1.54, 1.807) is 6.20 Å². The number of rotatable bonds is 3. The van der Waals surface area contributed by atoms with Crippen LogP contribution in [-0.2, 0) is 0 Å². The van der Waals surface area contributed by atoms with Crippen LogP contribution in [0, 0.1) is 0 Å². The predicted octanol–water partition coefficient (Wildman–Crippen LogP) is 2.30. The van der Waals surface area contributed by atoms with E-state index in [0.717, 1.165) is 30.8 Å². The minimum absolute atomic E-state index is 0.0761. The molecule has 0 aliphatic carbocycles. The minimum atomic E-state index is -0.107. The lowest BCUT2D eigenvalue weighted by atomic mass is 10.1. The van der Waals surface area contributed by atoms with Crippen molar-refractivity contribution in [2.75, 3.05) is 6.54 Å². The molecule has 1 N–H and O–H groups in total. The van der Waals surface area contributed by atoms with Crippen molar-refractivity contribution in [3.63, 3.8) is 0 Å². The minimum Gasteiger partial charge on any atom is -0.329 e. The second-order valence-electron chi connectivity index (χ2n) is 5.64. The zero-order valence-corrected chi connectivity index (χ0v) is 12.3. The molecule has 0 saturated carbocycles. The molecule has 21 heavy (non-hydrogen) atoms. The standard InChI is InChI=1S/C15H19N5O/c1-10(2)13-17-14(19-18-13)15(21)20-8-4-6-12(20)11-5-3-7-16-9-11/h3,5,7,9-10,12H,4,6,8H2,1-2H3,(H,17,18,19). The molecular weight excluding hydrogens is 266 g/mol. The summed E-state index contributed by atoms with van der Waals surface area (Å²) in [7, 11) is 0. The molecule has 3 rings (SSSR count). The van der Waals surface area contributed by atoms with E-state index in [1.807, 2.05) is 37.1 Å². The van der Waals surface area contributed by atoms with Crippen molar-refractivity contribution in [1.29, 1.82) is 0 Å². The van der Waals surface area contributed by atoms with Crippen LogP contribution in [0.4, 0.5) is 0 Å². The van der Waals surface area contributed by atoms with E-state index < -0.39 is 0 Å². The Morgan fingerprint density at radius 2 is 2.33 bits per heavy atom. The van der Waals surface area contributed by atoms with Gasteiger partial charge in [-0.3, -0.25) is 14.9 Å². The lowest BCUT2D eigenvalue weighted by Gasteiger charge is -2.23. The molecule has 3 heterocycles. The molecule has 1 amide bonds. The highest BCUT2D eigenvalue weighted by molar-refractivity contribution is 5.91. The first kappa shape index (κ1) is 13.7. The first-order chi connectivity index (χ1) is 10.2. The Balaban J connectivity index is 1.83. The van der Waals surface area contributed by atoms with Crippen LogP contribution in [0.1, 0.15) is 60.7 Å². The van der Waals surface area contributed by atoms with Gasteiger partial charge in [0.15, 0.2) is 0 Å². The maximum atomic E-state index is 12.6. The number of hydrogen-bond donors (Lipinski definition) is 1. The molecule has 0 radical (unpaired) electrons. The Kier molecular flexibility index (Phi) is 3.68. The number of amides is 1. The highest BCUT2D eigenvalue weighted by Crippen LogP contribution is 2.32. The van der Waals surface area contributed by atoms with E-state index in [2.05, 4.69) is 20.2 Å². The number of nitrogens with zero attached hydrogens (tertiary/aromatic N) is 4. The number of nitrogens with one attached hydrogen (secondary N) is 1. The summed E-state index contributed by atoms with van der Waals surface area (Å²) in [6.07, 6.45) is 5.52. The van der Waals surface area contributed by atoms with E-state index >= 15 is 0 Å². The number of H-pyrrole nitrogens is 1. The van der Waals surface area contributed by atoms with Gasteiger partial charge in [-0.05, 0) is 24.5 Å². The molecule has 6 nitrogen and oxygen atoms in total. The molecule has 1 aliphatic heterocycles. The zero-order valence-electron chi connectivity index (χ0n) is 12.3. The molecular formula is C15H19N5O. The number of aromatic amines is 1. The van der Waals surface area contributed by atoms with E-state index in [1.165, 1.54) is 0 Å². The summed E-state index contributed by atoms with van der Waals surface area (Å²) < 4.78 is 0. The van der Waals surface area contributed by atoms with Gasteiger partial charge in [0, 0.05) is 24.9 Å². The second kappa shape index (κ2) is 5.63. The third-order valence-electron chi connectivity index (χ3n) is 3.82. The molecule has 1 saturated heterocycles. The molecule has 0 aromatic carbocycles. The fourth-order valence-corrected chi connectivity index (χ4v) is 2.69. The first-order valence-electron chi connectivity index (χ1n) is 7.30. The number of hydrogen-bond acceptors (Lipinski definition) is 4. The van der Waals surface area contributed by atoms with E-state index in [0.29, 0.717) is 0 Å². The van der Waals surface area contributed by atoms with Gasteiger partial charge in [-0.2, -0.15) is 0 Å². The van der Waals surface area contributed by atoms with Gasteiger partial charge >= 0.3 is 0 Å². The highest BCUT2D eigenvalue weighted by Gasteiger charge is 2.32. The van der Waals surface area contributed by atoms with Crippen molar-refractivity contribution in [3.8, 4) is 0 Å². The average Bonchev–Trinajstić information content (AvgIpc) is 3.17. The summed E-state index contributed by atoms with van der Waals surface area (Å²) >= 11 is 0. The van der Waals surface area contributed by atoms with Crippen LogP contribution in [0.3, 0.4) is 0 Å².